The number of hydrogen-bond donors (Lipinski definition) is 1. The van der Waals surface area contributed by atoms with Gasteiger partial charge in [0.15, 0.2) is 0 Å². The van der Waals surface area contributed by atoms with Crippen LogP contribution in [0.3, 0.4) is 0 Å². The van der Waals surface area contributed by atoms with Crippen LogP contribution in [0.1, 0.15) is 5.56 Å². The van der Waals surface area contributed by atoms with E-state index in [0.29, 0.717) is 0 Å². The van der Waals surface area contributed by atoms with Gasteiger partial charge in [-0.3, -0.25) is 0 Å². The highest BCUT2D eigenvalue weighted by atomic mass is 15.4. The summed E-state index contributed by atoms with van der Waals surface area (Å²) in [5, 5.41) is 7.73. The SMILES string of the molecule is Cc1c(N)cccc1-c1cnnn1C. The number of anilines is 1. The molecule has 0 aliphatic heterocycles. The van der Waals surface area contributed by atoms with E-state index in [1.54, 1.807) is 10.9 Å². The molecule has 2 N–H and O–H groups in total. The van der Waals surface area contributed by atoms with Crippen LogP contribution in [0, 0.1) is 6.92 Å². The van der Waals surface area contributed by atoms with Crippen LogP contribution in [0.15, 0.2) is 24.4 Å². The quantitative estimate of drug-likeness (QED) is 0.688. The van der Waals surface area contributed by atoms with Crippen molar-refractivity contribution in [2.45, 2.75) is 6.92 Å². The highest BCUT2D eigenvalue weighted by Crippen LogP contribution is 2.25. The average Bonchev–Trinajstić information content (AvgIpc) is 2.57. The Labute approximate surface area is 82.4 Å². The molecule has 0 saturated heterocycles. The molecule has 0 aliphatic carbocycles. The van der Waals surface area contributed by atoms with Crippen LogP contribution in [0.2, 0.25) is 0 Å². The van der Waals surface area contributed by atoms with Gasteiger partial charge in [-0.25, -0.2) is 4.68 Å². The van der Waals surface area contributed by atoms with Gasteiger partial charge in [0.05, 0.1) is 11.9 Å². The molecular weight excluding hydrogens is 176 g/mol. The van der Waals surface area contributed by atoms with Crippen molar-refractivity contribution >= 4 is 5.69 Å². The number of benzene rings is 1. The number of rotatable bonds is 1. The second-order valence-electron chi connectivity index (χ2n) is 3.26. The Morgan fingerprint density at radius 3 is 2.79 bits per heavy atom. The smallest absolute Gasteiger partial charge is 0.0885 e. The first-order valence-electron chi connectivity index (χ1n) is 4.40. The maximum absolute atomic E-state index is 5.83. The molecule has 0 spiro atoms. The van der Waals surface area contributed by atoms with E-state index in [0.717, 1.165) is 22.5 Å². The second-order valence-corrected chi connectivity index (χ2v) is 3.26. The largest absolute Gasteiger partial charge is 0.398 e. The average molecular weight is 188 g/mol. The van der Waals surface area contributed by atoms with E-state index in [1.807, 2.05) is 32.2 Å². The first-order chi connectivity index (χ1) is 6.70. The molecule has 2 aromatic rings. The summed E-state index contributed by atoms with van der Waals surface area (Å²) >= 11 is 0. The molecule has 0 saturated carbocycles. The summed E-state index contributed by atoms with van der Waals surface area (Å²) in [5.74, 6) is 0. The van der Waals surface area contributed by atoms with Gasteiger partial charge in [-0.05, 0) is 18.6 Å². The zero-order chi connectivity index (χ0) is 10.1. The number of nitrogens with two attached hydrogens (primary N) is 1. The standard InChI is InChI=1S/C10H12N4/c1-7-8(4-3-5-9(7)11)10-6-12-13-14(10)2/h3-6H,11H2,1-2H3. The van der Waals surface area contributed by atoms with E-state index < -0.39 is 0 Å². The van der Waals surface area contributed by atoms with Crippen molar-refractivity contribution in [1.29, 1.82) is 0 Å². The molecule has 4 nitrogen and oxygen atoms in total. The Kier molecular flexibility index (Phi) is 1.96. The van der Waals surface area contributed by atoms with Crippen LogP contribution in [0.25, 0.3) is 11.3 Å². The third-order valence-corrected chi connectivity index (χ3v) is 2.37. The minimum Gasteiger partial charge on any atom is -0.398 e. The zero-order valence-corrected chi connectivity index (χ0v) is 8.23. The predicted molar refractivity (Wildman–Crippen MR) is 55.6 cm³/mol. The third-order valence-electron chi connectivity index (χ3n) is 2.37. The summed E-state index contributed by atoms with van der Waals surface area (Å²) in [6.07, 6.45) is 1.74. The molecule has 0 radical (unpaired) electrons. The lowest BCUT2D eigenvalue weighted by Gasteiger charge is -2.07. The van der Waals surface area contributed by atoms with E-state index in [9.17, 15) is 0 Å². The van der Waals surface area contributed by atoms with Crippen molar-refractivity contribution in [1.82, 2.24) is 15.0 Å². The van der Waals surface area contributed by atoms with Crippen LogP contribution < -0.4 is 5.73 Å². The van der Waals surface area contributed by atoms with Crippen molar-refractivity contribution in [3.8, 4) is 11.3 Å². The topological polar surface area (TPSA) is 56.7 Å². The Balaban J connectivity index is 2.63. The van der Waals surface area contributed by atoms with Crippen LogP contribution in [-0.2, 0) is 7.05 Å². The molecule has 72 valence electrons. The van der Waals surface area contributed by atoms with Crippen LogP contribution in [0.4, 0.5) is 5.69 Å². The molecule has 0 unspecified atom stereocenters. The maximum Gasteiger partial charge on any atom is 0.0885 e. The molecule has 0 fully saturated rings. The van der Waals surface area contributed by atoms with Crippen molar-refractivity contribution in [3.63, 3.8) is 0 Å². The summed E-state index contributed by atoms with van der Waals surface area (Å²) < 4.78 is 1.74. The molecule has 1 aromatic heterocycles. The van der Waals surface area contributed by atoms with E-state index in [4.69, 9.17) is 5.73 Å². The molecule has 1 heterocycles. The number of aromatic nitrogens is 3. The molecule has 4 heteroatoms. The number of nitrogen functional groups attached to an aromatic ring is 1. The van der Waals surface area contributed by atoms with Crippen molar-refractivity contribution in [2.75, 3.05) is 5.73 Å². The van der Waals surface area contributed by atoms with Gasteiger partial charge in [0, 0.05) is 18.3 Å². The van der Waals surface area contributed by atoms with E-state index in [2.05, 4.69) is 10.3 Å². The van der Waals surface area contributed by atoms with Gasteiger partial charge in [-0.15, -0.1) is 5.10 Å². The molecule has 2 rings (SSSR count). The van der Waals surface area contributed by atoms with Gasteiger partial charge < -0.3 is 5.73 Å². The summed E-state index contributed by atoms with van der Waals surface area (Å²) in [6, 6.07) is 5.84. The van der Waals surface area contributed by atoms with Gasteiger partial charge in [-0.1, -0.05) is 17.3 Å². The minimum atomic E-state index is 0.795. The van der Waals surface area contributed by atoms with E-state index >= 15 is 0 Å². The zero-order valence-electron chi connectivity index (χ0n) is 8.23. The van der Waals surface area contributed by atoms with Gasteiger partial charge in [-0.2, -0.15) is 0 Å². The third kappa shape index (κ3) is 1.25. The first kappa shape index (κ1) is 8.74. The Morgan fingerprint density at radius 2 is 2.14 bits per heavy atom. The summed E-state index contributed by atoms with van der Waals surface area (Å²) in [4.78, 5) is 0. The highest BCUT2D eigenvalue weighted by Gasteiger charge is 2.07. The Bertz CT molecular complexity index is 459. The lowest BCUT2D eigenvalue weighted by atomic mass is 10.0. The second kappa shape index (κ2) is 3.14. The fraction of sp³-hybridized carbons (Fsp3) is 0.200. The number of aryl methyl sites for hydroxylation is 1. The van der Waals surface area contributed by atoms with Gasteiger partial charge in [0.2, 0.25) is 0 Å². The van der Waals surface area contributed by atoms with Crippen molar-refractivity contribution < 1.29 is 0 Å². The van der Waals surface area contributed by atoms with Crippen LogP contribution in [0.5, 0.6) is 0 Å². The predicted octanol–water partition coefficient (Wildman–Crippen LogP) is 1.37. The summed E-state index contributed by atoms with van der Waals surface area (Å²) in [6.45, 7) is 2.00. The fourth-order valence-corrected chi connectivity index (χ4v) is 1.46. The van der Waals surface area contributed by atoms with Gasteiger partial charge in [0.1, 0.15) is 0 Å². The highest BCUT2D eigenvalue weighted by molar-refractivity contribution is 5.69. The van der Waals surface area contributed by atoms with E-state index in [1.165, 1.54) is 0 Å². The lowest BCUT2D eigenvalue weighted by molar-refractivity contribution is 0.720. The first-order valence-corrected chi connectivity index (χ1v) is 4.40. The Morgan fingerprint density at radius 1 is 1.36 bits per heavy atom. The number of hydrogen-bond acceptors (Lipinski definition) is 3. The molecule has 14 heavy (non-hydrogen) atoms. The lowest BCUT2D eigenvalue weighted by Crippen LogP contribution is -1.97. The van der Waals surface area contributed by atoms with E-state index in [-0.39, 0.29) is 0 Å². The fourth-order valence-electron chi connectivity index (χ4n) is 1.46. The van der Waals surface area contributed by atoms with Crippen LogP contribution >= 0.6 is 0 Å². The molecule has 0 amide bonds. The normalized spacial score (nSPS) is 10.4. The number of nitrogens with zero attached hydrogens (tertiary/aromatic N) is 3. The minimum absolute atomic E-state index is 0.795. The van der Waals surface area contributed by atoms with Gasteiger partial charge >= 0.3 is 0 Å². The molecular formula is C10H12N4. The van der Waals surface area contributed by atoms with Crippen molar-refractivity contribution in [3.05, 3.63) is 30.0 Å². The van der Waals surface area contributed by atoms with Crippen LogP contribution in [-0.4, -0.2) is 15.0 Å². The summed E-state index contributed by atoms with van der Waals surface area (Å²) in [5.41, 5.74) is 9.75. The molecule has 0 atom stereocenters. The molecule has 1 aromatic carbocycles. The van der Waals surface area contributed by atoms with Gasteiger partial charge in [0.25, 0.3) is 0 Å². The summed E-state index contributed by atoms with van der Waals surface area (Å²) in [7, 11) is 1.87. The monoisotopic (exact) mass is 188 g/mol. The molecule has 0 aliphatic rings. The molecule has 0 bridgehead atoms. The van der Waals surface area contributed by atoms with Crippen molar-refractivity contribution in [2.24, 2.45) is 7.05 Å². The Hall–Kier alpha value is -1.84. The maximum atomic E-state index is 5.83.